The molecule has 9 heteroatoms. The van der Waals surface area contributed by atoms with E-state index in [0.29, 0.717) is 11.4 Å². The number of benzene rings is 2. The summed E-state index contributed by atoms with van der Waals surface area (Å²) >= 11 is 12.0. The molecule has 0 saturated heterocycles. The molecule has 0 fully saturated rings. The molecule has 1 heterocycles. The van der Waals surface area contributed by atoms with Gasteiger partial charge in [0.2, 0.25) is 0 Å². The summed E-state index contributed by atoms with van der Waals surface area (Å²) in [4.78, 5) is 32.1. The van der Waals surface area contributed by atoms with Crippen molar-refractivity contribution in [3.63, 3.8) is 0 Å². The topological polar surface area (TPSA) is 104 Å². The molecule has 1 aromatic heterocycles. The lowest BCUT2D eigenvalue weighted by Crippen LogP contribution is -2.40. The summed E-state index contributed by atoms with van der Waals surface area (Å²) < 4.78 is 0. The van der Waals surface area contributed by atoms with Gasteiger partial charge in [-0.1, -0.05) is 41.1 Å². The minimum absolute atomic E-state index is 0.0243. The van der Waals surface area contributed by atoms with Gasteiger partial charge < -0.3 is 15.7 Å². The molecule has 0 aliphatic carbocycles. The maximum absolute atomic E-state index is 12.4. The van der Waals surface area contributed by atoms with Crippen LogP contribution in [0.5, 0.6) is 0 Å². The van der Waals surface area contributed by atoms with Crippen molar-refractivity contribution >= 4 is 46.6 Å². The molecule has 0 bridgehead atoms. The molecule has 1 atom stereocenters. The van der Waals surface area contributed by atoms with E-state index in [9.17, 15) is 14.7 Å². The summed E-state index contributed by atoms with van der Waals surface area (Å²) in [6, 6.07) is 10.6. The van der Waals surface area contributed by atoms with Crippen LogP contribution in [0, 0.1) is 11.8 Å². The number of hydrogen-bond donors (Lipinski definition) is 3. The lowest BCUT2D eigenvalue weighted by Gasteiger charge is -2.13. The van der Waals surface area contributed by atoms with E-state index in [0.717, 1.165) is 5.69 Å². The predicted octanol–water partition coefficient (Wildman–Crippen LogP) is 4.15. The smallest absolute Gasteiger partial charge is 0.327 e. The molecule has 3 N–H and O–H groups in total. The molecular formula is C22H16Cl2N4O3. The number of amides is 1. The van der Waals surface area contributed by atoms with Crippen molar-refractivity contribution in [3.05, 3.63) is 82.2 Å². The van der Waals surface area contributed by atoms with Gasteiger partial charge in [-0.25, -0.2) is 9.78 Å². The average Bonchev–Trinajstić information content (AvgIpc) is 2.75. The van der Waals surface area contributed by atoms with E-state index < -0.39 is 17.9 Å². The minimum atomic E-state index is -1.22. The Morgan fingerprint density at radius 2 is 1.77 bits per heavy atom. The fourth-order valence-electron chi connectivity index (χ4n) is 2.55. The molecule has 0 aliphatic heterocycles. The molecule has 0 radical (unpaired) electrons. The highest BCUT2D eigenvalue weighted by molar-refractivity contribution is 6.39. The molecule has 2 aromatic carbocycles. The summed E-state index contributed by atoms with van der Waals surface area (Å²) in [6.45, 7) is 0. The van der Waals surface area contributed by atoms with E-state index in [1.54, 1.807) is 36.8 Å². The Hall–Kier alpha value is -3.60. The Kier molecular flexibility index (Phi) is 7.44. The number of rotatable bonds is 6. The van der Waals surface area contributed by atoms with Gasteiger partial charge in [-0.2, -0.15) is 0 Å². The van der Waals surface area contributed by atoms with Gasteiger partial charge in [0, 0.05) is 30.1 Å². The zero-order valence-electron chi connectivity index (χ0n) is 16.0. The van der Waals surface area contributed by atoms with Crippen molar-refractivity contribution in [2.75, 3.05) is 5.32 Å². The number of aromatic nitrogens is 2. The second kappa shape index (κ2) is 10.4. The Bertz CT molecular complexity index is 1120. The molecule has 0 aliphatic rings. The van der Waals surface area contributed by atoms with Crippen LogP contribution in [-0.4, -0.2) is 33.0 Å². The quantitative estimate of drug-likeness (QED) is 0.483. The maximum Gasteiger partial charge on any atom is 0.327 e. The number of carbonyl (C=O) groups excluding carboxylic acids is 1. The number of carboxylic acid groups (broad SMARTS) is 1. The van der Waals surface area contributed by atoms with Gasteiger partial charge in [0.05, 0.1) is 21.8 Å². The summed E-state index contributed by atoms with van der Waals surface area (Å²) in [5.74, 6) is 4.39. The fraction of sp³-hybridized carbons (Fsp3) is 0.0909. The van der Waals surface area contributed by atoms with Gasteiger partial charge in [-0.15, -0.1) is 0 Å². The third kappa shape index (κ3) is 6.19. The lowest BCUT2D eigenvalue weighted by atomic mass is 10.1. The second-order valence-corrected chi connectivity index (χ2v) is 7.07. The molecule has 0 saturated carbocycles. The number of hydrogen-bond acceptors (Lipinski definition) is 5. The summed E-state index contributed by atoms with van der Waals surface area (Å²) in [6.07, 6.45) is 4.67. The number of halogens is 2. The number of nitrogens with zero attached hydrogens (tertiary/aromatic N) is 2. The second-order valence-electron chi connectivity index (χ2n) is 6.26. The van der Waals surface area contributed by atoms with E-state index in [-0.39, 0.29) is 22.0 Å². The molecule has 156 valence electrons. The standard InChI is InChI=1S/C22H16Cl2N4O3/c23-16-4-2-5-17(24)20(16)21(29)28-18(22(30)31)6-1-3-14-7-9-15(10-8-14)27-19-13-25-11-12-26-19/h2,4-5,7-13,18H,6H2,(H,26,27)(H,28,29)(H,30,31). The van der Waals surface area contributed by atoms with Crippen LogP contribution < -0.4 is 10.6 Å². The van der Waals surface area contributed by atoms with Gasteiger partial charge in [0.1, 0.15) is 11.9 Å². The molecule has 3 rings (SSSR count). The highest BCUT2D eigenvalue weighted by Crippen LogP contribution is 2.24. The first-order chi connectivity index (χ1) is 14.9. The van der Waals surface area contributed by atoms with Crippen molar-refractivity contribution in [1.82, 2.24) is 15.3 Å². The van der Waals surface area contributed by atoms with Crippen LogP contribution in [-0.2, 0) is 4.79 Å². The number of carbonyl (C=O) groups is 2. The van der Waals surface area contributed by atoms with Crippen molar-refractivity contribution in [1.29, 1.82) is 0 Å². The lowest BCUT2D eigenvalue weighted by molar-refractivity contribution is -0.139. The molecule has 3 aromatic rings. The Balaban J connectivity index is 1.63. The molecule has 31 heavy (non-hydrogen) atoms. The maximum atomic E-state index is 12.4. The first-order valence-corrected chi connectivity index (χ1v) is 9.79. The highest BCUT2D eigenvalue weighted by atomic mass is 35.5. The van der Waals surface area contributed by atoms with E-state index in [1.165, 1.54) is 12.1 Å². The van der Waals surface area contributed by atoms with E-state index in [4.69, 9.17) is 23.2 Å². The van der Waals surface area contributed by atoms with Gasteiger partial charge in [-0.3, -0.25) is 9.78 Å². The van der Waals surface area contributed by atoms with Crippen LogP contribution in [0.25, 0.3) is 0 Å². The molecule has 0 spiro atoms. The van der Waals surface area contributed by atoms with Crippen LogP contribution in [0.4, 0.5) is 11.5 Å². The van der Waals surface area contributed by atoms with Crippen molar-refractivity contribution in [2.45, 2.75) is 12.5 Å². The third-order valence-electron chi connectivity index (χ3n) is 4.05. The number of aliphatic carboxylic acids is 1. The zero-order valence-corrected chi connectivity index (χ0v) is 17.5. The molecular weight excluding hydrogens is 439 g/mol. The molecule has 1 unspecified atom stereocenters. The normalized spacial score (nSPS) is 11.0. The Labute approximate surface area is 188 Å². The van der Waals surface area contributed by atoms with Gasteiger partial charge in [0.15, 0.2) is 0 Å². The fourth-order valence-corrected chi connectivity index (χ4v) is 3.12. The van der Waals surface area contributed by atoms with Crippen LogP contribution >= 0.6 is 23.2 Å². The molecule has 7 nitrogen and oxygen atoms in total. The van der Waals surface area contributed by atoms with Gasteiger partial charge >= 0.3 is 5.97 Å². The molecule has 1 amide bonds. The SMILES string of the molecule is O=C(NC(CC#Cc1ccc(Nc2cnccn2)cc1)C(=O)O)c1c(Cl)cccc1Cl. The first kappa shape index (κ1) is 22.1. The van der Waals surface area contributed by atoms with Crippen LogP contribution in [0.2, 0.25) is 10.0 Å². The minimum Gasteiger partial charge on any atom is -0.480 e. The summed E-state index contributed by atoms with van der Waals surface area (Å²) in [7, 11) is 0. The summed E-state index contributed by atoms with van der Waals surface area (Å²) in [5, 5.41) is 15.2. The number of anilines is 2. The monoisotopic (exact) mass is 454 g/mol. The summed E-state index contributed by atoms with van der Waals surface area (Å²) in [5.41, 5.74) is 1.52. The third-order valence-corrected chi connectivity index (χ3v) is 4.68. The van der Waals surface area contributed by atoms with E-state index >= 15 is 0 Å². The van der Waals surface area contributed by atoms with Crippen LogP contribution in [0.1, 0.15) is 22.3 Å². The van der Waals surface area contributed by atoms with Crippen LogP contribution in [0.3, 0.4) is 0 Å². The Morgan fingerprint density at radius 1 is 1.06 bits per heavy atom. The van der Waals surface area contributed by atoms with Gasteiger partial charge in [-0.05, 0) is 36.4 Å². The van der Waals surface area contributed by atoms with Gasteiger partial charge in [0.25, 0.3) is 5.91 Å². The van der Waals surface area contributed by atoms with Crippen LogP contribution in [0.15, 0.2) is 61.1 Å². The average molecular weight is 455 g/mol. The highest BCUT2D eigenvalue weighted by Gasteiger charge is 2.22. The van der Waals surface area contributed by atoms with E-state index in [1.807, 2.05) is 12.1 Å². The zero-order chi connectivity index (χ0) is 22.2. The number of carboxylic acids is 1. The predicted molar refractivity (Wildman–Crippen MR) is 119 cm³/mol. The van der Waals surface area contributed by atoms with E-state index in [2.05, 4.69) is 32.4 Å². The van der Waals surface area contributed by atoms with Crippen molar-refractivity contribution in [3.8, 4) is 11.8 Å². The first-order valence-electron chi connectivity index (χ1n) is 9.03. The number of nitrogens with one attached hydrogen (secondary N) is 2. The van der Waals surface area contributed by atoms with Crippen molar-refractivity contribution < 1.29 is 14.7 Å². The largest absolute Gasteiger partial charge is 0.480 e. The van der Waals surface area contributed by atoms with Crippen molar-refractivity contribution in [2.24, 2.45) is 0 Å². The Morgan fingerprint density at radius 3 is 2.39 bits per heavy atom.